The van der Waals surface area contributed by atoms with Crippen LogP contribution in [0.3, 0.4) is 0 Å². The summed E-state index contributed by atoms with van der Waals surface area (Å²) in [5.74, 6) is 0. The van der Waals surface area contributed by atoms with Crippen molar-refractivity contribution in [2.75, 3.05) is 7.11 Å². The van der Waals surface area contributed by atoms with Gasteiger partial charge in [-0.2, -0.15) is 0 Å². The van der Waals surface area contributed by atoms with Crippen LogP contribution in [0, 0.1) is 20.8 Å². The van der Waals surface area contributed by atoms with Gasteiger partial charge in [-0.1, -0.05) is 108 Å². The van der Waals surface area contributed by atoms with Crippen molar-refractivity contribution in [1.29, 1.82) is 0 Å². The van der Waals surface area contributed by atoms with Gasteiger partial charge in [0.15, 0.2) is 0 Å². The van der Waals surface area contributed by atoms with Crippen LogP contribution in [0.4, 0.5) is 0 Å². The lowest BCUT2D eigenvalue weighted by molar-refractivity contribution is 0.399. The molecule has 1 N–H and O–H groups in total. The van der Waals surface area contributed by atoms with Crippen LogP contribution in [-0.4, -0.2) is 12.2 Å². The number of hydrogen-bond acceptors (Lipinski definition) is 1. The first-order valence-corrected chi connectivity index (χ1v) is 9.37. The van der Waals surface area contributed by atoms with Crippen molar-refractivity contribution in [2.24, 2.45) is 0 Å². The molecule has 0 fully saturated rings. The Morgan fingerprint density at radius 1 is 0.857 bits per heavy atom. The lowest BCUT2D eigenvalue weighted by Crippen LogP contribution is -1.84. The summed E-state index contributed by atoms with van der Waals surface area (Å²) in [7, 11) is 1.00. The molecule has 2 aromatic rings. The second-order valence-corrected chi connectivity index (χ2v) is 6.79. The standard InChI is InChI=1S/C13H14.C9H12.C4H8.CH4O/c1-3-4-8-12(2)11-13-9-6-5-7-10-13;1-7-4-8(2)6-9(3)5-7;1-4(2)3;1-2/h3-10H,1-2,11H2;4-6H,1-3H3;1H2,2-3H3;2H,1H3/b8-4-;;;. The van der Waals surface area contributed by atoms with E-state index < -0.39 is 0 Å². The van der Waals surface area contributed by atoms with E-state index in [-0.39, 0.29) is 0 Å². The molecule has 0 aliphatic heterocycles. The summed E-state index contributed by atoms with van der Waals surface area (Å²) < 4.78 is 0. The van der Waals surface area contributed by atoms with Crippen LogP contribution in [0.5, 0.6) is 0 Å². The van der Waals surface area contributed by atoms with Gasteiger partial charge in [0.2, 0.25) is 0 Å². The van der Waals surface area contributed by atoms with E-state index >= 15 is 0 Å². The molecule has 0 aromatic heterocycles. The van der Waals surface area contributed by atoms with Crippen molar-refractivity contribution < 1.29 is 5.11 Å². The summed E-state index contributed by atoms with van der Waals surface area (Å²) in [6.45, 7) is 21.4. The number of hydrogen-bond donors (Lipinski definition) is 1. The topological polar surface area (TPSA) is 20.2 Å². The highest BCUT2D eigenvalue weighted by Crippen LogP contribution is 2.07. The summed E-state index contributed by atoms with van der Waals surface area (Å²) >= 11 is 0. The highest BCUT2D eigenvalue weighted by Gasteiger charge is 1.91. The van der Waals surface area contributed by atoms with Crippen LogP contribution in [0.25, 0.3) is 0 Å². The van der Waals surface area contributed by atoms with E-state index in [4.69, 9.17) is 5.11 Å². The van der Waals surface area contributed by atoms with Crippen LogP contribution in [0.15, 0.2) is 97.6 Å². The van der Waals surface area contributed by atoms with Gasteiger partial charge in [0.05, 0.1) is 0 Å². The normalized spacial score (nSPS) is 8.96. The third-order valence-corrected chi connectivity index (χ3v) is 3.11. The molecule has 0 radical (unpaired) electrons. The van der Waals surface area contributed by atoms with Crippen molar-refractivity contribution in [3.8, 4) is 0 Å². The molecule has 0 saturated carbocycles. The van der Waals surface area contributed by atoms with Gasteiger partial charge in [0, 0.05) is 7.11 Å². The van der Waals surface area contributed by atoms with E-state index in [1.807, 2.05) is 44.2 Å². The molecule has 152 valence electrons. The summed E-state index contributed by atoms with van der Waals surface area (Å²) in [6.07, 6.45) is 6.56. The van der Waals surface area contributed by atoms with Crippen LogP contribution in [-0.2, 0) is 6.42 Å². The molecule has 2 aromatic carbocycles. The number of rotatable bonds is 4. The van der Waals surface area contributed by atoms with Crippen molar-refractivity contribution >= 4 is 0 Å². The predicted molar refractivity (Wildman–Crippen MR) is 128 cm³/mol. The second-order valence-electron chi connectivity index (χ2n) is 6.79. The van der Waals surface area contributed by atoms with Gasteiger partial charge in [-0.3, -0.25) is 0 Å². The average Bonchev–Trinajstić information content (AvgIpc) is 2.61. The molecular weight excluding hydrogens is 340 g/mol. The Kier molecular flexibility index (Phi) is 17.5. The highest BCUT2D eigenvalue weighted by molar-refractivity contribution is 5.28. The summed E-state index contributed by atoms with van der Waals surface area (Å²) in [5.41, 5.74) is 7.62. The van der Waals surface area contributed by atoms with Gasteiger partial charge in [-0.05, 0) is 46.6 Å². The number of aryl methyl sites for hydroxylation is 3. The lowest BCUT2D eigenvalue weighted by atomic mass is 10.1. The SMILES string of the molecule is C=C(C)C.C=C/C=C\C(=C)Cc1ccccc1.CO.Cc1cc(C)cc(C)c1. The summed E-state index contributed by atoms with van der Waals surface area (Å²) in [5, 5.41) is 7.00. The number of aliphatic hydroxyl groups excluding tert-OH is 1. The monoisotopic (exact) mass is 378 g/mol. The zero-order chi connectivity index (χ0) is 21.9. The average molecular weight is 379 g/mol. The molecule has 0 amide bonds. The molecule has 28 heavy (non-hydrogen) atoms. The van der Waals surface area contributed by atoms with E-state index in [1.54, 1.807) is 6.08 Å². The van der Waals surface area contributed by atoms with Gasteiger partial charge >= 0.3 is 0 Å². The first-order valence-electron chi connectivity index (χ1n) is 9.37. The smallest absolute Gasteiger partial charge is 0.0319 e. The maximum atomic E-state index is 7.00. The van der Waals surface area contributed by atoms with Crippen LogP contribution in [0.2, 0.25) is 0 Å². The summed E-state index contributed by atoms with van der Waals surface area (Å²) in [6, 6.07) is 16.9. The molecule has 0 unspecified atom stereocenters. The van der Waals surface area contributed by atoms with Crippen LogP contribution >= 0.6 is 0 Å². The molecule has 0 bridgehead atoms. The Labute approximate surface area is 173 Å². The number of aliphatic hydroxyl groups is 1. The quantitative estimate of drug-likeness (QED) is 0.436. The fourth-order valence-electron chi connectivity index (χ4n) is 2.32. The minimum Gasteiger partial charge on any atom is -0.400 e. The van der Waals surface area contributed by atoms with Crippen LogP contribution in [0.1, 0.15) is 36.1 Å². The maximum absolute atomic E-state index is 7.00. The Morgan fingerprint density at radius 3 is 1.61 bits per heavy atom. The molecule has 0 spiro atoms. The van der Waals surface area contributed by atoms with Gasteiger partial charge in [0.25, 0.3) is 0 Å². The van der Waals surface area contributed by atoms with E-state index in [9.17, 15) is 0 Å². The molecule has 1 heteroatoms. The molecule has 0 saturated heterocycles. The van der Waals surface area contributed by atoms with Gasteiger partial charge < -0.3 is 5.11 Å². The van der Waals surface area contributed by atoms with E-state index in [0.717, 1.165) is 19.1 Å². The zero-order valence-electron chi connectivity index (χ0n) is 18.6. The first kappa shape index (κ1) is 27.6. The molecule has 0 aliphatic rings. The highest BCUT2D eigenvalue weighted by atomic mass is 16.2. The maximum Gasteiger partial charge on any atom is 0.0319 e. The molecule has 0 atom stereocenters. The Balaban J connectivity index is 0. The Morgan fingerprint density at radius 2 is 1.25 bits per heavy atom. The van der Waals surface area contributed by atoms with Gasteiger partial charge in [-0.25, -0.2) is 0 Å². The van der Waals surface area contributed by atoms with E-state index in [2.05, 4.69) is 70.8 Å². The molecule has 0 heterocycles. The minimum atomic E-state index is 0.908. The Hall–Kier alpha value is -2.64. The largest absolute Gasteiger partial charge is 0.400 e. The fraction of sp³-hybridized carbons (Fsp3) is 0.259. The number of allylic oxidation sites excluding steroid dienone is 5. The fourth-order valence-corrected chi connectivity index (χ4v) is 2.32. The van der Waals surface area contributed by atoms with Gasteiger partial charge in [-0.15, -0.1) is 6.58 Å². The zero-order valence-corrected chi connectivity index (χ0v) is 18.6. The van der Waals surface area contributed by atoms with Crippen molar-refractivity contribution in [1.82, 2.24) is 0 Å². The molecule has 1 nitrogen and oxygen atoms in total. The molecular formula is C27H38O. The lowest BCUT2D eigenvalue weighted by Gasteiger charge is -1.99. The van der Waals surface area contributed by atoms with E-state index in [0.29, 0.717) is 0 Å². The number of benzene rings is 2. The molecule has 0 aliphatic carbocycles. The second kappa shape index (κ2) is 17.8. The summed E-state index contributed by atoms with van der Waals surface area (Å²) in [4.78, 5) is 0. The van der Waals surface area contributed by atoms with Crippen molar-refractivity contribution in [2.45, 2.75) is 41.0 Å². The Bertz CT molecular complexity index is 667. The molecule has 2 rings (SSSR count). The predicted octanol–water partition coefficient (Wildman–Crippen LogP) is 7.33. The van der Waals surface area contributed by atoms with Crippen molar-refractivity contribution in [3.05, 3.63) is 120 Å². The third kappa shape index (κ3) is 18.2. The van der Waals surface area contributed by atoms with Gasteiger partial charge in [0.1, 0.15) is 0 Å². The van der Waals surface area contributed by atoms with Crippen LogP contribution < -0.4 is 0 Å². The third-order valence-electron chi connectivity index (χ3n) is 3.11. The first-order chi connectivity index (χ1) is 13.2. The van der Waals surface area contributed by atoms with Crippen molar-refractivity contribution in [3.63, 3.8) is 0 Å². The van der Waals surface area contributed by atoms with E-state index in [1.165, 1.54) is 27.8 Å². The minimum absolute atomic E-state index is 0.908.